The van der Waals surface area contributed by atoms with Crippen LogP contribution in [0.5, 0.6) is 23.0 Å². The highest BCUT2D eigenvalue weighted by Crippen LogP contribution is 2.45. The van der Waals surface area contributed by atoms with Crippen molar-refractivity contribution >= 4 is 11.0 Å². The van der Waals surface area contributed by atoms with Crippen LogP contribution in [0.15, 0.2) is 58.0 Å². The Bertz CT molecular complexity index is 1210. The lowest BCUT2D eigenvalue weighted by molar-refractivity contribution is 0.344. The molecule has 142 valence electrons. The number of ether oxygens (including phenoxy) is 1. The molecule has 28 heavy (non-hydrogen) atoms. The normalized spacial score (nSPS) is 11.0. The van der Waals surface area contributed by atoms with Gasteiger partial charge in [0, 0.05) is 36.0 Å². The zero-order valence-electron chi connectivity index (χ0n) is 14.9. The molecule has 0 aliphatic heterocycles. The predicted octanol–water partition coefficient (Wildman–Crippen LogP) is 3.50. The maximum Gasteiger partial charge on any atom is 0.204 e. The number of benzene rings is 2. The van der Waals surface area contributed by atoms with Crippen LogP contribution in [0.2, 0.25) is 0 Å². The van der Waals surface area contributed by atoms with Crippen LogP contribution in [-0.4, -0.2) is 27.4 Å². The molecule has 0 aliphatic carbocycles. The predicted molar refractivity (Wildman–Crippen MR) is 103 cm³/mol. The van der Waals surface area contributed by atoms with Crippen LogP contribution in [0.4, 0.5) is 0 Å². The Morgan fingerprint density at radius 2 is 1.82 bits per heavy atom. The van der Waals surface area contributed by atoms with Crippen LogP contribution in [0.3, 0.4) is 0 Å². The highest BCUT2D eigenvalue weighted by molar-refractivity contribution is 5.92. The first kappa shape index (κ1) is 17.5. The van der Waals surface area contributed by atoms with E-state index in [-0.39, 0.29) is 40.4 Å². The van der Waals surface area contributed by atoms with E-state index < -0.39 is 11.2 Å². The molecule has 0 amide bonds. The van der Waals surface area contributed by atoms with Gasteiger partial charge in [-0.3, -0.25) is 4.79 Å². The fourth-order valence-corrected chi connectivity index (χ4v) is 3.20. The number of phenolic OH excluding ortho intramolecular Hbond substituents is 3. The highest BCUT2D eigenvalue weighted by atomic mass is 16.5. The molecular formula is C21H17NO6. The van der Waals surface area contributed by atoms with Gasteiger partial charge in [-0.25, -0.2) is 0 Å². The molecule has 2 aromatic carbocycles. The third-order valence-electron chi connectivity index (χ3n) is 4.57. The Kier molecular flexibility index (Phi) is 4.19. The highest BCUT2D eigenvalue weighted by Gasteiger charge is 2.24. The second kappa shape index (κ2) is 6.70. The van der Waals surface area contributed by atoms with E-state index in [0.29, 0.717) is 11.1 Å². The van der Waals surface area contributed by atoms with E-state index in [2.05, 4.69) is 4.98 Å². The molecule has 0 aliphatic rings. The van der Waals surface area contributed by atoms with Crippen LogP contribution in [0, 0.1) is 0 Å². The molecule has 0 bridgehead atoms. The van der Waals surface area contributed by atoms with Gasteiger partial charge in [0.15, 0.2) is 16.9 Å². The van der Waals surface area contributed by atoms with Crippen molar-refractivity contribution in [2.24, 2.45) is 0 Å². The van der Waals surface area contributed by atoms with E-state index >= 15 is 0 Å². The van der Waals surface area contributed by atoms with Crippen LogP contribution >= 0.6 is 0 Å². The minimum atomic E-state index is -0.476. The summed E-state index contributed by atoms with van der Waals surface area (Å²) in [6.07, 6.45) is 3.75. The number of fused-ring (bicyclic) bond motifs is 1. The van der Waals surface area contributed by atoms with Crippen molar-refractivity contribution in [1.29, 1.82) is 0 Å². The Balaban J connectivity index is 2.03. The summed E-state index contributed by atoms with van der Waals surface area (Å²) in [5, 5.41) is 30.5. The number of aromatic nitrogens is 1. The first-order valence-corrected chi connectivity index (χ1v) is 8.49. The van der Waals surface area contributed by atoms with Crippen LogP contribution in [0.25, 0.3) is 22.3 Å². The summed E-state index contributed by atoms with van der Waals surface area (Å²) < 4.78 is 11.1. The lowest BCUT2D eigenvalue weighted by Crippen LogP contribution is -2.05. The number of H-pyrrole nitrogens is 1. The number of hydrogen-bond donors (Lipinski definition) is 4. The van der Waals surface area contributed by atoms with Gasteiger partial charge in [0.2, 0.25) is 5.75 Å². The molecule has 4 N–H and O–H groups in total. The minimum absolute atomic E-state index is 0.0669. The minimum Gasteiger partial charge on any atom is -0.508 e. The molecule has 0 spiro atoms. The van der Waals surface area contributed by atoms with Crippen molar-refractivity contribution in [2.75, 3.05) is 7.11 Å². The zero-order chi connectivity index (χ0) is 19.8. The molecule has 0 fully saturated rings. The summed E-state index contributed by atoms with van der Waals surface area (Å²) >= 11 is 0. The van der Waals surface area contributed by atoms with Gasteiger partial charge in [0.05, 0.1) is 7.11 Å². The van der Waals surface area contributed by atoms with Gasteiger partial charge in [-0.15, -0.1) is 0 Å². The maximum atomic E-state index is 12.8. The van der Waals surface area contributed by atoms with E-state index in [1.165, 1.54) is 25.3 Å². The number of rotatable bonds is 4. The van der Waals surface area contributed by atoms with Crippen molar-refractivity contribution in [1.82, 2.24) is 4.98 Å². The number of aromatic hydroxyl groups is 3. The van der Waals surface area contributed by atoms with Crippen molar-refractivity contribution in [3.63, 3.8) is 0 Å². The van der Waals surface area contributed by atoms with Crippen molar-refractivity contribution in [3.8, 4) is 34.3 Å². The molecular weight excluding hydrogens is 362 g/mol. The van der Waals surface area contributed by atoms with E-state index in [1.54, 1.807) is 24.5 Å². The molecule has 4 aromatic rings. The molecule has 0 atom stereocenters. The lowest BCUT2D eigenvalue weighted by atomic mass is 10.0. The third-order valence-corrected chi connectivity index (χ3v) is 4.57. The van der Waals surface area contributed by atoms with Gasteiger partial charge in [-0.2, -0.15) is 0 Å². The first-order valence-electron chi connectivity index (χ1n) is 8.49. The summed E-state index contributed by atoms with van der Waals surface area (Å²) in [6, 6.07) is 9.24. The molecule has 7 nitrogen and oxygen atoms in total. The van der Waals surface area contributed by atoms with Gasteiger partial charge in [-0.05, 0) is 35.9 Å². The molecule has 7 heteroatoms. The van der Waals surface area contributed by atoms with Gasteiger partial charge in [-0.1, -0.05) is 0 Å². The quantitative estimate of drug-likeness (QED) is 0.431. The third kappa shape index (κ3) is 2.83. The summed E-state index contributed by atoms with van der Waals surface area (Å²) in [6.45, 7) is 0. The van der Waals surface area contributed by atoms with Crippen molar-refractivity contribution in [3.05, 3.63) is 70.1 Å². The van der Waals surface area contributed by atoms with Crippen molar-refractivity contribution in [2.45, 2.75) is 6.42 Å². The van der Waals surface area contributed by atoms with Crippen LogP contribution < -0.4 is 10.2 Å². The fraction of sp³-hybridized carbons (Fsp3) is 0.0952. The van der Waals surface area contributed by atoms with Gasteiger partial charge in [0.25, 0.3) is 0 Å². The second-order valence-corrected chi connectivity index (χ2v) is 6.33. The largest absolute Gasteiger partial charge is 0.508 e. The summed E-state index contributed by atoms with van der Waals surface area (Å²) in [5.41, 5.74) is 1.34. The Hall–Kier alpha value is -3.87. The Labute approximate surface area is 159 Å². The zero-order valence-corrected chi connectivity index (χ0v) is 14.9. The number of aromatic amines is 1. The number of phenols is 3. The van der Waals surface area contributed by atoms with Crippen LogP contribution in [0.1, 0.15) is 11.1 Å². The monoisotopic (exact) mass is 379 g/mol. The SMILES string of the molecule is COc1c(O)c(Cc2cc[nH]c2)c2oc(-c3ccc(O)cc3)cc(=O)c2c1O. The van der Waals surface area contributed by atoms with Crippen LogP contribution in [-0.2, 0) is 6.42 Å². The lowest BCUT2D eigenvalue weighted by Gasteiger charge is -2.14. The number of hydrogen-bond acceptors (Lipinski definition) is 6. The van der Waals surface area contributed by atoms with E-state index in [0.717, 1.165) is 5.56 Å². The average Bonchev–Trinajstić information content (AvgIpc) is 3.19. The first-order chi connectivity index (χ1) is 13.5. The topological polar surface area (TPSA) is 116 Å². The average molecular weight is 379 g/mol. The standard InChI is InChI=1S/C21H17NO6/c1-27-21-18(25)14(8-11-6-7-22-10-11)20-17(19(21)26)15(24)9-16(28-20)12-2-4-13(23)5-3-12/h2-7,9-10,22-23,25-26H,8H2,1H3. The number of methoxy groups -OCH3 is 1. The molecule has 0 unspecified atom stereocenters. The second-order valence-electron chi connectivity index (χ2n) is 6.33. The summed E-state index contributed by atoms with van der Waals surface area (Å²) in [5.74, 6) is -0.613. The molecule has 0 saturated heterocycles. The summed E-state index contributed by atoms with van der Waals surface area (Å²) in [7, 11) is 1.30. The Morgan fingerprint density at radius 1 is 1.07 bits per heavy atom. The molecule has 0 radical (unpaired) electrons. The van der Waals surface area contributed by atoms with Gasteiger partial charge >= 0.3 is 0 Å². The van der Waals surface area contributed by atoms with E-state index in [9.17, 15) is 20.1 Å². The van der Waals surface area contributed by atoms with Crippen molar-refractivity contribution < 1.29 is 24.5 Å². The number of nitrogens with one attached hydrogen (secondary N) is 1. The fourth-order valence-electron chi connectivity index (χ4n) is 3.20. The molecule has 2 heterocycles. The summed E-state index contributed by atoms with van der Waals surface area (Å²) in [4.78, 5) is 15.7. The maximum absolute atomic E-state index is 12.8. The van der Waals surface area contributed by atoms with E-state index in [1.807, 2.05) is 6.07 Å². The molecule has 2 aromatic heterocycles. The smallest absolute Gasteiger partial charge is 0.204 e. The molecule has 0 saturated carbocycles. The Morgan fingerprint density at radius 3 is 2.46 bits per heavy atom. The van der Waals surface area contributed by atoms with E-state index in [4.69, 9.17) is 9.15 Å². The van der Waals surface area contributed by atoms with Gasteiger partial charge < -0.3 is 29.5 Å². The molecule has 4 rings (SSSR count). The van der Waals surface area contributed by atoms with Gasteiger partial charge in [0.1, 0.15) is 22.5 Å².